The minimum Gasteiger partial charge on any atom is -0.495 e. The van der Waals surface area contributed by atoms with Gasteiger partial charge in [-0.25, -0.2) is 4.39 Å². The van der Waals surface area contributed by atoms with Crippen molar-refractivity contribution >= 4 is 35.3 Å². The van der Waals surface area contributed by atoms with Gasteiger partial charge in [0.25, 0.3) is 11.8 Å². The standard InChI is InChI=1S/C19H19ClFN3O4/c1-27-17-7-4-14(20)10-16(17)24-18(25)11-23-28-12-19(26)22-9-8-13-2-5-15(21)6-3-13/h2-7,10-11H,8-9,12H2,1H3,(H,22,26)(H,24,25)/b23-11-. The van der Waals surface area contributed by atoms with Crippen LogP contribution in [0, 0.1) is 5.82 Å². The number of benzene rings is 2. The van der Waals surface area contributed by atoms with Gasteiger partial charge < -0.3 is 20.2 Å². The number of hydrogen-bond acceptors (Lipinski definition) is 5. The first kappa shape index (κ1) is 21.2. The molecule has 0 bridgehead atoms. The second-order valence-electron chi connectivity index (χ2n) is 5.57. The van der Waals surface area contributed by atoms with E-state index in [1.165, 1.54) is 25.3 Å². The Morgan fingerprint density at radius 2 is 1.96 bits per heavy atom. The highest BCUT2D eigenvalue weighted by molar-refractivity contribution is 6.33. The fourth-order valence-corrected chi connectivity index (χ4v) is 2.34. The number of carbonyl (C=O) groups excluding carboxylic acids is 2. The van der Waals surface area contributed by atoms with Gasteiger partial charge in [0.1, 0.15) is 17.8 Å². The summed E-state index contributed by atoms with van der Waals surface area (Å²) in [6, 6.07) is 10.8. The normalized spacial score (nSPS) is 10.5. The van der Waals surface area contributed by atoms with Crippen molar-refractivity contribution in [3.8, 4) is 5.75 Å². The Labute approximate surface area is 166 Å². The smallest absolute Gasteiger partial charge is 0.270 e. The molecule has 0 radical (unpaired) electrons. The molecule has 0 aliphatic carbocycles. The number of oxime groups is 1. The number of methoxy groups -OCH3 is 1. The van der Waals surface area contributed by atoms with E-state index in [0.717, 1.165) is 11.8 Å². The fourth-order valence-electron chi connectivity index (χ4n) is 2.17. The zero-order valence-corrected chi connectivity index (χ0v) is 15.8. The highest BCUT2D eigenvalue weighted by Crippen LogP contribution is 2.27. The van der Waals surface area contributed by atoms with Gasteiger partial charge in [0, 0.05) is 11.6 Å². The predicted octanol–water partition coefficient (Wildman–Crippen LogP) is 2.79. The van der Waals surface area contributed by atoms with E-state index < -0.39 is 11.8 Å². The van der Waals surface area contributed by atoms with Crippen molar-refractivity contribution in [1.82, 2.24) is 5.32 Å². The monoisotopic (exact) mass is 407 g/mol. The van der Waals surface area contributed by atoms with Gasteiger partial charge in [-0.1, -0.05) is 28.9 Å². The average Bonchev–Trinajstić information content (AvgIpc) is 2.67. The summed E-state index contributed by atoms with van der Waals surface area (Å²) in [4.78, 5) is 28.3. The summed E-state index contributed by atoms with van der Waals surface area (Å²) >= 11 is 5.88. The maximum atomic E-state index is 12.8. The maximum absolute atomic E-state index is 12.8. The van der Waals surface area contributed by atoms with Crippen LogP contribution in [0.4, 0.5) is 10.1 Å². The first-order chi connectivity index (χ1) is 13.5. The van der Waals surface area contributed by atoms with Crippen LogP contribution in [0.3, 0.4) is 0 Å². The van der Waals surface area contributed by atoms with Crippen LogP contribution >= 0.6 is 11.6 Å². The van der Waals surface area contributed by atoms with E-state index in [4.69, 9.17) is 21.2 Å². The number of anilines is 1. The van der Waals surface area contributed by atoms with E-state index in [1.807, 2.05) is 0 Å². The van der Waals surface area contributed by atoms with Crippen molar-refractivity contribution in [1.29, 1.82) is 0 Å². The summed E-state index contributed by atoms with van der Waals surface area (Å²) in [6.45, 7) is 0.0280. The number of halogens is 2. The lowest BCUT2D eigenvalue weighted by Crippen LogP contribution is -2.29. The van der Waals surface area contributed by atoms with Gasteiger partial charge in [-0.15, -0.1) is 0 Å². The summed E-state index contributed by atoms with van der Waals surface area (Å²) in [5.74, 6) is -0.835. The summed E-state index contributed by atoms with van der Waals surface area (Å²) in [6.07, 6.45) is 1.45. The number of nitrogens with one attached hydrogen (secondary N) is 2. The van der Waals surface area contributed by atoms with Crippen LogP contribution in [0.1, 0.15) is 5.56 Å². The van der Waals surface area contributed by atoms with Crippen molar-refractivity contribution in [3.63, 3.8) is 0 Å². The van der Waals surface area contributed by atoms with E-state index in [-0.39, 0.29) is 12.4 Å². The van der Waals surface area contributed by atoms with Gasteiger partial charge in [-0.05, 0) is 42.3 Å². The molecule has 2 N–H and O–H groups in total. The van der Waals surface area contributed by atoms with Gasteiger partial charge >= 0.3 is 0 Å². The number of nitrogens with zero attached hydrogens (tertiary/aromatic N) is 1. The van der Waals surface area contributed by atoms with Crippen LogP contribution in [0.5, 0.6) is 5.75 Å². The molecule has 0 aliphatic rings. The summed E-state index contributed by atoms with van der Waals surface area (Å²) in [5, 5.41) is 9.05. The molecular weight excluding hydrogens is 389 g/mol. The van der Waals surface area contributed by atoms with Crippen LogP contribution in [0.15, 0.2) is 47.6 Å². The Morgan fingerprint density at radius 1 is 1.21 bits per heavy atom. The van der Waals surface area contributed by atoms with Gasteiger partial charge in [0.2, 0.25) is 0 Å². The first-order valence-corrected chi connectivity index (χ1v) is 8.66. The fraction of sp³-hybridized carbons (Fsp3) is 0.211. The van der Waals surface area contributed by atoms with Crippen molar-refractivity contribution in [2.75, 3.05) is 25.6 Å². The molecule has 148 valence electrons. The third-order valence-electron chi connectivity index (χ3n) is 3.51. The molecule has 0 heterocycles. The molecule has 0 unspecified atom stereocenters. The van der Waals surface area contributed by atoms with Gasteiger partial charge in [0.05, 0.1) is 12.8 Å². The van der Waals surface area contributed by atoms with E-state index in [9.17, 15) is 14.0 Å². The minimum absolute atomic E-state index is 0.308. The minimum atomic E-state index is -0.572. The lowest BCUT2D eigenvalue weighted by molar-refractivity contribution is -0.125. The molecule has 0 atom stereocenters. The van der Waals surface area contributed by atoms with Gasteiger partial charge in [-0.3, -0.25) is 9.59 Å². The molecule has 0 fully saturated rings. The van der Waals surface area contributed by atoms with E-state index in [1.54, 1.807) is 24.3 Å². The Balaban J connectivity index is 1.68. The Morgan fingerprint density at radius 3 is 2.68 bits per heavy atom. The van der Waals surface area contributed by atoms with E-state index in [0.29, 0.717) is 29.4 Å². The molecule has 0 spiro atoms. The third-order valence-corrected chi connectivity index (χ3v) is 3.74. The number of ether oxygens (including phenoxy) is 1. The molecule has 2 aromatic rings. The highest BCUT2D eigenvalue weighted by atomic mass is 35.5. The van der Waals surface area contributed by atoms with E-state index >= 15 is 0 Å². The molecule has 28 heavy (non-hydrogen) atoms. The second-order valence-corrected chi connectivity index (χ2v) is 6.00. The molecule has 0 aliphatic heterocycles. The number of rotatable bonds is 9. The summed E-state index contributed by atoms with van der Waals surface area (Å²) in [7, 11) is 1.46. The Kier molecular flexibility index (Phi) is 8.23. The van der Waals surface area contributed by atoms with Crippen LogP contribution in [-0.2, 0) is 20.8 Å². The number of hydrogen-bond donors (Lipinski definition) is 2. The van der Waals surface area contributed by atoms with E-state index in [2.05, 4.69) is 15.8 Å². The van der Waals surface area contributed by atoms with Crippen molar-refractivity contribution in [2.45, 2.75) is 6.42 Å². The zero-order valence-electron chi connectivity index (χ0n) is 15.1. The molecule has 9 heteroatoms. The van der Waals surface area contributed by atoms with Crippen molar-refractivity contribution < 1.29 is 23.6 Å². The van der Waals surface area contributed by atoms with Gasteiger partial charge in [0.15, 0.2) is 6.61 Å². The van der Waals surface area contributed by atoms with Gasteiger partial charge in [-0.2, -0.15) is 0 Å². The quantitative estimate of drug-likeness (QED) is 0.494. The molecule has 0 saturated carbocycles. The second kappa shape index (κ2) is 10.9. The summed E-state index contributed by atoms with van der Waals surface area (Å²) < 4.78 is 17.9. The number of carbonyl (C=O) groups is 2. The molecule has 0 saturated heterocycles. The van der Waals surface area contributed by atoms with Crippen molar-refractivity contribution in [2.24, 2.45) is 5.16 Å². The molecule has 2 aromatic carbocycles. The highest BCUT2D eigenvalue weighted by Gasteiger charge is 2.07. The molecule has 2 rings (SSSR count). The van der Waals surface area contributed by atoms with Crippen LogP contribution in [0.2, 0.25) is 5.02 Å². The third kappa shape index (κ3) is 7.24. The SMILES string of the molecule is COc1ccc(Cl)cc1NC(=O)/C=N\OCC(=O)NCCc1ccc(F)cc1. The summed E-state index contributed by atoms with van der Waals surface area (Å²) in [5.41, 5.74) is 1.28. The lowest BCUT2D eigenvalue weighted by atomic mass is 10.1. The van der Waals surface area contributed by atoms with Crippen molar-refractivity contribution in [3.05, 3.63) is 58.9 Å². The molecule has 7 nitrogen and oxygen atoms in total. The lowest BCUT2D eigenvalue weighted by Gasteiger charge is -2.08. The Bertz CT molecular complexity index is 844. The van der Waals surface area contributed by atoms with Crippen LogP contribution in [0.25, 0.3) is 0 Å². The molecular formula is C19H19ClFN3O4. The first-order valence-electron chi connectivity index (χ1n) is 8.29. The maximum Gasteiger partial charge on any atom is 0.270 e. The largest absolute Gasteiger partial charge is 0.495 e. The topological polar surface area (TPSA) is 89.0 Å². The predicted molar refractivity (Wildman–Crippen MR) is 104 cm³/mol. The average molecular weight is 408 g/mol. The zero-order chi connectivity index (χ0) is 20.4. The molecule has 0 aromatic heterocycles. The van der Waals surface area contributed by atoms with Crippen LogP contribution < -0.4 is 15.4 Å². The van der Waals surface area contributed by atoms with Crippen LogP contribution in [-0.4, -0.2) is 38.3 Å². The Hall–Kier alpha value is -3.13. The number of amides is 2. The molecule has 2 amide bonds.